The summed E-state index contributed by atoms with van der Waals surface area (Å²) >= 11 is 0. The molecule has 1 aromatic heterocycles. The molecule has 0 aliphatic heterocycles. The molecule has 0 aliphatic rings. The predicted molar refractivity (Wildman–Crippen MR) is 126 cm³/mol. The second-order valence-corrected chi connectivity index (χ2v) is 7.84. The van der Waals surface area contributed by atoms with Gasteiger partial charge in [0.25, 0.3) is 0 Å². The number of aromatic nitrogens is 3. The first-order valence-corrected chi connectivity index (χ1v) is 10.7. The number of ether oxygens (including phenoxy) is 3. The Morgan fingerprint density at radius 1 is 0.909 bits per heavy atom. The van der Waals surface area contributed by atoms with E-state index in [-0.39, 0.29) is 12.5 Å². The number of fused-ring (bicyclic) bond motifs is 1. The van der Waals surface area contributed by atoms with Crippen LogP contribution in [0.5, 0.6) is 17.2 Å². The Kier molecular flexibility index (Phi) is 7.07. The molecule has 0 aliphatic carbocycles. The van der Waals surface area contributed by atoms with Crippen LogP contribution in [0.4, 0.5) is 0 Å². The lowest BCUT2D eigenvalue weighted by atomic mass is 9.83. The maximum absolute atomic E-state index is 10.9. The number of rotatable bonds is 10. The van der Waals surface area contributed by atoms with Gasteiger partial charge >= 0.3 is 0 Å². The van der Waals surface area contributed by atoms with Gasteiger partial charge in [-0.1, -0.05) is 36.4 Å². The van der Waals surface area contributed by atoms with Gasteiger partial charge in [0.1, 0.15) is 29.5 Å². The highest BCUT2D eigenvalue weighted by molar-refractivity contribution is 5.75. The molecule has 3 aromatic carbocycles. The van der Waals surface area contributed by atoms with Crippen LogP contribution in [-0.2, 0) is 6.42 Å². The predicted octanol–water partition coefficient (Wildman–Crippen LogP) is 3.07. The molecule has 0 saturated carbocycles. The van der Waals surface area contributed by atoms with Gasteiger partial charge in [0.2, 0.25) is 0 Å². The fourth-order valence-corrected chi connectivity index (χ4v) is 3.90. The van der Waals surface area contributed by atoms with E-state index < -0.39 is 12.1 Å². The topological polar surface area (TPSA) is 116 Å². The molecule has 0 amide bonds. The van der Waals surface area contributed by atoms with Crippen molar-refractivity contribution in [3.63, 3.8) is 0 Å². The maximum Gasteiger partial charge on any atom is 0.160 e. The van der Waals surface area contributed by atoms with Gasteiger partial charge in [-0.25, -0.2) is 0 Å². The van der Waals surface area contributed by atoms with Gasteiger partial charge in [0.05, 0.1) is 14.2 Å². The van der Waals surface area contributed by atoms with Gasteiger partial charge in [-0.2, -0.15) is 15.4 Å². The molecule has 0 bridgehead atoms. The number of H-pyrrole nitrogens is 1. The SMILES string of the molecule is COc1ccc(C(Cc2ccccc2)C(N)[C@H](O)COc2ccc3n[nH]nc3c2)cc1OC. The molecule has 8 nitrogen and oxygen atoms in total. The molecule has 0 fully saturated rings. The van der Waals surface area contributed by atoms with Crippen LogP contribution < -0.4 is 19.9 Å². The smallest absolute Gasteiger partial charge is 0.160 e. The van der Waals surface area contributed by atoms with Gasteiger partial charge in [-0.3, -0.25) is 0 Å². The largest absolute Gasteiger partial charge is 0.493 e. The molecule has 33 heavy (non-hydrogen) atoms. The zero-order chi connectivity index (χ0) is 23.2. The van der Waals surface area contributed by atoms with Crippen molar-refractivity contribution >= 4 is 11.0 Å². The summed E-state index contributed by atoms with van der Waals surface area (Å²) in [6, 6.07) is 20.6. The molecule has 2 unspecified atom stereocenters. The summed E-state index contributed by atoms with van der Waals surface area (Å²) in [6.45, 7) is 0.0447. The molecule has 0 radical (unpaired) electrons. The summed E-state index contributed by atoms with van der Waals surface area (Å²) in [6.07, 6.45) is -0.251. The lowest BCUT2D eigenvalue weighted by Gasteiger charge is -2.29. The van der Waals surface area contributed by atoms with E-state index in [1.54, 1.807) is 26.4 Å². The maximum atomic E-state index is 10.9. The van der Waals surface area contributed by atoms with Crippen LogP contribution in [0.3, 0.4) is 0 Å². The zero-order valence-electron chi connectivity index (χ0n) is 18.6. The van der Waals surface area contributed by atoms with Gasteiger partial charge in [-0.15, -0.1) is 0 Å². The number of aliphatic hydroxyl groups excluding tert-OH is 1. The molecule has 4 aromatic rings. The Labute approximate surface area is 192 Å². The number of aliphatic hydroxyl groups is 1. The first-order valence-electron chi connectivity index (χ1n) is 10.7. The Morgan fingerprint density at radius 3 is 2.42 bits per heavy atom. The second kappa shape index (κ2) is 10.3. The van der Waals surface area contributed by atoms with Gasteiger partial charge in [0.15, 0.2) is 11.5 Å². The number of nitrogens with zero attached hydrogens (tertiary/aromatic N) is 2. The Hall–Kier alpha value is -3.62. The fourth-order valence-electron chi connectivity index (χ4n) is 3.90. The first kappa shape index (κ1) is 22.6. The summed E-state index contributed by atoms with van der Waals surface area (Å²) in [7, 11) is 3.20. The van der Waals surface area contributed by atoms with Crippen molar-refractivity contribution in [2.75, 3.05) is 20.8 Å². The standard InChI is InChI=1S/C25H28N4O4/c1-31-23-11-8-17(13-24(23)32-2)19(12-16-6-4-3-5-7-16)25(26)22(30)15-33-18-9-10-20-21(14-18)28-29-27-20/h3-11,13-14,19,22,25,30H,12,15,26H2,1-2H3,(H,27,28,29)/t19?,22-,25?/m1/s1. The molecule has 3 atom stereocenters. The van der Waals surface area contributed by atoms with E-state index in [2.05, 4.69) is 27.5 Å². The molecule has 8 heteroatoms. The van der Waals surface area contributed by atoms with Crippen molar-refractivity contribution in [3.05, 3.63) is 77.9 Å². The quantitative estimate of drug-likeness (QED) is 0.341. The van der Waals surface area contributed by atoms with Crippen LogP contribution in [0.1, 0.15) is 17.0 Å². The van der Waals surface area contributed by atoms with Crippen LogP contribution in [-0.4, -0.2) is 53.5 Å². The number of aromatic amines is 1. The van der Waals surface area contributed by atoms with E-state index >= 15 is 0 Å². The van der Waals surface area contributed by atoms with E-state index in [0.29, 0.717) is 29.2 Å². The summed E-state index contributed by atoms with van der Waals surface area (Å²) in [5.41, 5.74) is 10.1. The van der Waals surface area contributed by atoms with E-state index in [4.69, 9.17) is 19.9 Å². The van der Waals surface area contributed by atoms with Crippen LogP contribution in [0.2, 0.25) is 0 Å². The second-order valence-electron chi connectivity index (χ2n) is 7.84. The Morgan fingerprint density at radius 2 is 1.67 bits per heavy atom. The zero-order valence-corrected chi connectivity index (χ0v) is 18.6. The van der Waals surface area contributed by atoms with Crippen molar-refractivity contribution in [2.24, 2.45) is 5.73 Å². The third-order valence-electron chi connectivity index (χ3n) is 5.75. The van der Waals surface area contributed by atoms with E-state index in [1.807, 2.05) is 42.5 Å². The molecule has 4 N–H and O–H groups in total. The van der Waals surface area contributed by atoms with Gasteiger partial charge in [0, 0.05) is 18.0 Å². The van der Waals surface area contributed by atoms with Gasteiger partial charge in [-0.05, 0) is 41.8 Å². The molecular formula is C25H28N4O4. The molecule has 4 rings (SSSR count). The Balaban J connectivity index is 1.54. The van der Waals surface area contributed by atoms with Crippen LogP contribution in [0.15, 0.2) is 66.7 Å². The molecule has 172 valence electrons. The number of nitrogens with one attached hydrogen (secondary N) is 1. The highest BCUT2D eigenvalue weighted by atomic mass is 16.5. The lowest BCUT2D eigenvalue weighted by Crippen LogP contribution is -2.44. The highest BCUT2D eigenvalue weighted by Crippen LogP contribution is 2.34. The average molecular weight is 449 g/mol. The third-order valence-corrected chi connectivity index (χ3v) is 5.75. The molecular weight excluding hydrogens is 420 g/mol. The number of nitrogens with two attached hydrogens (primary N) is 1. The van der Waals surface area contributed by atoms with E-state index in [9.17, 15) is 5.11 Å². The van der Waals surface area contributed by atoms with Gasteiger partial charge < -0.3 is 25.1 Å². The van der Waals surface area contributed by atoms with Crippen molar-refractivity contribution in [1.29, 1.82) is 0 Å². The average Bonchev–Trinajstić information content (AvgIpc) is 3.33. The summed E-state index contributed by atoms with van der Waals surface area (Å²) in [4.78, 5) is 0. The minimum absolute atomic E-state index is 0.0447. The summed E-state index contributed by atoms with van der Waals surface area (Å²) < 4.78 is 16.7. The lowest BCUT2D eigenvalue weighted by molar-refractivity contribution is 0.0766. The van der Waals surface area contributed by atoms with Crippen LogP contribution in [0.25, 0.3) is 11.0 Å². The van der Waals surface area contributed by atoms with Crippen molar-refractivity contribution in [2.45, 2.75) is 24.5 Å². The van der Waals surface area contributed by atoms with Crippen LogP contribution >= 0.6 is 0 Å². The Bertz CT molecular complexity index is 1180. The number of hydrogen-bond acceptors (Lipinski definition) is 7. The minimum Gasteiger partial charge on any atom is -0.493 e. The molecule has 0 spiro atoms. The normalized spacial score (nSPS) is 13.9. The van der Waals surface area contributed by atoms with E-state index in [1.165, 1.54) is 0 Å². The summed E-state index contributed by atoms with van der Waals surface area (Å²) in [5, 5.41) is 21.6. The number of benzene rings is 3. The number of hydrogen-bond donors (Lipinski definition) is 3. The van der Waals surface area contributed by atoms with Crippen LogP contribution in [0, 0.1) is 0 Å². The first-order chi connectivity index (χ1) is 16.1. The summed E-state index contributed by atoms with van der Waals surface area (Å²) in [5.74, 6) is 1.67. The molecule has 1 heterocycles. The number of methoxy groups -OCH3 is 2. The fraction of sp³-hybridized carbons (Fsp3) is 0.280. The minimum atomic E-state index is -0.903. The van der Waals surface area contributed by atoms with E-state index in [0.717, 1.165) is 16.6 Å². The van der Waals surface area contributed by atoms with Crippen molar-refractivity contribution in [3.8, 4) is 17.2 Å². The highest BCUT2D eigenvalue weighted by Gasteiger charge is 2.28. The monoisotopic (exact) mass is 448 g/mol. The molecule has 0 saturated heterocycles. The third kappa shape index (κ3) is 5.24. The van der Waals surface area contributed by atoms with Crippen molar-refractivity contribution in [1.82, 2.24) is 15.4 Å². The van der Waals surface area contributed by atoms with Crippen molar-refractivity contribution < 1.29 is 19.3 Å².